The van der Waals surface area contributed by atoms with Crippen LogP contribution in [0.25, 0.3) is 10.8 Å². The second-order valence-corrected chi connectivity index (χ2v) is 9.79. The molecule has 0 aliphatic rings. The average Bonchev–Trinajstić information content (AvgIpc) is 2.90. The summed E-state index contributed by atoms with van der Waals surface area (Å²) >= 11 is 0. The van der Waals surface area contributed by atoms with Crippen LogP contribution < -0.4 is 20.9 Å². The molecular weight excluding hydrogens is 543 g/mol. The zero-order valence-corrected chi connectivity index (χ0v) is 25.0. The highest BCUT2D eigenvalue weighted by atomic mass is 35.5. The highest BCUT2D eigenvalue weighted by molar-refractivity contribution is 5.98. The van der Waals surface area contributed by atoms with Crippen LogP contribution in [0.15, 0.2) is 94.9 Å². The molecule has 0 saturated heterocycles. The van der Waals surface area contributed by atoms with E-state index in [1.54, 1.807) is 0 Å². The Bertz CT molecular complexity index is 1320. The van der Waals surface area contributed by atoms with Crippen LogP contribution in [-0.4, -0.2) is 23.8 Å². The van der Waals surface area contributed by atoms with Gasteiger partial charge >= 0.3 is 0 Å². The fourth-order valence-corrected chi connectivity index (χ4v) is 4.08. The number of hydrogen-bond donors (Lipinski definition) is 2. The van der Waals surface area contributed by atoms with Gasteiger partial charge in [-0.15, -0.1) is 24.8 Å². The minimum Gasteiger partial charge on any atom is -0.488 e. The number of nitrogens with two attached hydrogens (primary N) is 2. The molecule has 0 saturated carbocycles. The maximum atomic E-state index is 6.21. The lowest BCUT2D eigenvalue weighted by atomic mass is 10.1. The quantitative estimate of drug-likeness (QED) is 0.155. The fourth-order valence-electron chi connectivity index (χ4n) is 4.08. The lowest BCUT2D eigenvalue weighted by Crippen LogP contribution is -2.15. The third-order valence-corrected chi connectivity index (χ3v) is 5.92. The molecule has 0 radical (unpaired) electrons. The van der Waals surface area contributed by atoms with Gasteiger partial charge in [0.1, 0.15) is 36.4 Å². The van der Waals surface area contributed by atoms with E-state index in [-0.39, 0.29) is 36.9 Å². The van der Waals surface area contributed by atoms with Crippen molar-refractivity contribution in [1.82, 2.24) is 0 Å². The first-order valence-corrected chi connectivity index (χ1v) is 12.9. The zero-order valence-electron chi connectivity index (χ0n) is 23.3. The van der Waals surface area contributed by atoms with Gasteiger partial charge in [-0.1, -0.05) is 72.8 Å². The summed E-state index contributed by atoms with van der Waals surface area (Å²) in [6.07, 6.45) is 0. The Morgan fingerprint density at radius 2 is 0.925 bits per heavy atom. The molecule has 4 N–H and O–H groups in total. The predicted octanol–water partition coefficient (Wildman–Crippen LogP) is 7.07. The molecule has 4 aromatic rings. The van der Waals surface area contributed by atoms with E-state index in [0.29, 0.717) is 24.9 Å². The minimum absolute atomic E-state index is 0. The van der Waals surface area contributed by atoms with Crippen LogP contribution in [0.4, 0.5) is 0 Å². The molecule has 6 nitrogen and oxygen atoms in total. The smallest absolute Gasteiger partial charge is 0.127 e. The molecule has 212 valence electrons. The van der Waals surface area contributed by atoms with Gasteiger partial charge in [0.2, 0.25) is 0 Å². The van der Waals surface area contributed by atoms with Gasteiger partial charge in [0.15, 0.2) is 0 Å². The molecule has 0 aliphatic heterocycles. The van der Waals surface area contributed by atoms with Crippen LogP contribution >= 0.6 is 24.8 Å². The molecule has 0 aliphatic carbocycles. The molecule has 0 heterocycles. The number of benzene rings is 4. The first-order valence-electron chi connectivity index (χ1n) is 12.9. The third-order valence-electron chi connectivity index (χ3n) is 5.92. The molecule has 0 spiro atoms. The number of nitrogens with zero attached hydrogens (tertiary/aromatic N) is 2. The van der Waals surface area contributed by atoms with Gasteiger partial charge < -0.3 is 20.9 Å². The van der Waals surface area contributed by atoms with Crippen LogP contribution in [0.1, 0.15) is 49.9 Å². The topological polar surface area (TPSA) is 95.2 Å². The van der Waals surface area contributed by atoms with E-state index in [1.807, 2.05) is 100 Å². The Hall–Kier alpha value is -3.74. The summed E-state index contributed by atoms with van der Waals surface area (Å²) < 4.78 is 12.4. The van der Waals surface area contributed by atoms with E-state index >= 15 is 0 Å². The number of aliphatic imine (C=N–C) groups is 2. The fraction of sp³-hybridized carbons (Fsp3) is 0.250. The van der Waals surface area contributed by atoms with E-state index in [9.17, 15) is 0 Å². The van der Waals surface area contributed by atoms with Gasteiger partial charge in [0, 0.05) is 34.0 Å². The second kappa shape index (κ2) is 15.2. The van der Waals surface area contributed by atoms with Crippen molar-refractivity contribution >= 4 is 47.3 Å². The maximum absolute atomic E-state index is 6.21. The van der Waals surface area contributed by atoms with Crippen LogP contribution in [0.2, 0.25) is 0 Å². The monoisotopic (exact) mass is 580 g/mol. The van der Waals surface area contributed by atoms with Crippen molar-refractivity contribution in [2.24, 2.45) is 21.5 Å². The summed E-state index contributed by atoms with van der Waals surface area (Å²) in [6, 6.07) is 28.4. The van der Waals surface area contributed by atoms with Crippen LogP contribution in [0.3, 0.4) is 0 Å². The van der Waals surface area contributed by atoms with E-state index in [4.69, 9.17) is 20.9 Å². The number of amidine groups is 2. The van der Waals surface area contributed by atoms with Crippen molar-refractivity contribution in [3.05, 3.63) is 107 Å². The lowest BCUT2D eigenvalue weighted by molar-refractivity contribution is 0.306. The Kier molecular flexibility index (Phi) is 12.3. The molecule has 0 atom stereocenters. The molecule has 4 aromatic carbocycles. The standard InChI is InChI=1S/C32H36N4O2.2ClH/c1-21(2)35-31(33)25-15-11-23(12-16-25)19-37-29-9-5-8-28-27(29)7-6-10-30(28)38-20-24-13-17-26(18-14-24)32(34)36-22(3)4;;/h5-18,21-22H,19-20H2,1-4H3,(H2,33,35)(H2,34,36);2*1H. The summed E-state index contributed by atoms with van der Waals surface area (Å²) in [6.45, 7) is 8.92. The van der Waals surface area contributed by atoms with Crippen molar-refractivity contribution in [3.63, 3.8) is 0 Å². The Labute approximate surface area is 249 Å². The van der Waals surface area contributed by atoms with E-state index in [1.165, 1.54) is 0 Å². The molecule has 40 heavy (non-hydrogen) atoms. The average molecular weight is 582 g/mol. The summed E-state index contributed by atoms with van der Waals surface area (Å²) in [5.41, 5.74) is 16.1. The molecule has 0 bridgehead atoms. The third kappa shape index (κ3) is 8.63. The van der Waals surface area contributed by atoms with Crippen molar-refractivity contribution in [1.29, 1.82) is 0 Å². The largest absolute Gasteiger partial charge is 0.488 e. The number of ether oxygens (including phenoxy) is 2. The number of rotatable bonds is 10. The van der Waals surface area contributed by atoms with E-state index in [0.717, 1.165) is 44.5 Å². The summed E-state index contributed by atoms with van der Waals surface area (Å²) in [5, 5.41) is 2.01. The van der Waals surface area contributed by atoms with Gasteiger partial charge in [-0.05, 0) is 51.0 Å². The Morgan fingerprint density at radius 3 is 1.25 bits per heavy atom. The predicted molar refractivity (Wildman–Crippen MR) is 172 cm³/mol. The first kappa shape index (κ1) is 32.5. The highest BCUT2D eigenvalue weighted by Gasteiger charge is 2.09. The van der Waals surface area contributed by atoms with Gasteiger partial charge in [-0.3, -0.25) is 9.98 Å². The molecule has 0 amide bonds. The Morgan fingerprint density at radius 1 is 0.575 bits per heavy atom. The lowest BCUT2D eigenvalue weighted by Gasteiger charge is -2.13. The van der Waals surface area contributed by atoms with Crippen LogP contribution in [0, 0.1) is 0 Å². The normalized spacial score (nSPS) is 11.8. The maximum Gasteiger partial charge on any atom is 0.127 e. The number of fused-ring (bicyclic) bond motifs is 1. The van der Waals surface area contributed by atoms with Crippen LogP contribution in [-0.2, 0) is 13.2 Å². The van der Waals surface area contributed by atoms with Gasteiger partial charge in [0.05, 0.1) is 0 Å². The molecular formula is C32H38Cl2N4O2. The van der Waals surface area contributed by atoms with Crippen molar-refractivity contribution < 1.29 is 9.47 Å². The van der Waals surface area contributed by atoms with Crippen molar-refractivity contribution in [3.8, 4) is 11.5 Å². The second-order valence-electron chi connectivity index (χ2n) is 9.79. The van der Waals surface area contributed by atoms with E-state index < -0.39 is 0 Å². The Balaban J connectivity index is 0.00000280. The minimum atomic E-state index is 0. The number of hydrogen-bond acceptors (Lipinski definition) is 4. The number of halogens is 2. The molecule has 0 fully saturated rings. The summed E-state index contributed by atoms with van der Waals surface area (Å²) in [5.74, 6) is 2.72. The summed E-state index contributed by atoms with van der Waals surface area (Å²) in [4.78, 5) is 8.82. The van der Waals surface area contributed by atoms with Gasteiger partial charge in [-0.25, -0.2) is 0 Å². The van der Waals surface area contributed by atoms with Crippen LogP contribution in [0.5, 0.6) is 11.5 Å². The molecule has 4 rings (SSSR count). The summed E-state index contributed by atoms with van der Waals surface area (Å²) in [7, 11) is 0. The first-order chi connectivity index (χ1) is 18.3. The van der Waals surface area contributed by atoms with Crippen molar-refractivity contribution in [2.75, 3.05) is 0 Å². The molecule has 0 unspecified atom stereocenters. The van der Waals surface area contributed by atoms with Gasteiger partial charge in [-0.2, -0.15) is 0 Å². The molecule has 0 aromatic heterocycles. The molecule has 8 heteroatoms. The SMILES string of the molecule is CC(C)N=C(N)c1ccc(COc2cccc3c(OCc4ccc(C(N)=NC(C)C)cc4)cccc23)cc1.Cl.Cl. The highest BCUT2D eigenvalue weighted by Crippen LogP contribution is 2.33. The van der Waals surface area contributed by atoms with Crippen molar-refractivity contribution in [2.45, 2.75) is 53.0 Å². The van der Waals surface area contributed by atoms with E-state index in [2.05, 4.69) is 22.1 Å². The zero-order chi connectivity index (χ0) is 27.1. The van der Waals surface area contributed by atoms with Gasteiger partial charge in [0.25, 0.3) is 0 Å².